The topological polar surface area (TPSA) is 12.0 Å². The van der Waals surface area contributed by atoms with Gasteiger partial charge in [0, 0.05) is 17.5 Å². The summed E-state index contributed by atoms with van der Waals surface area (Å²) in [6.07, 6.45) is 3.32. The van der Waals surface area contributed by atoms with Crippen LogP contribution in [0.4, 0.5) is 0 Å². The van der Waals surface area contributed by atoms with Crippen LogP contribution in [-0.4, -0.2) is 12.3 Å². The number of nitrogens with one attached hydrogen (secondary N) is 1. The summed E-state index contributed by atoms with van der Waals surface area (Å²) in [6.45, 7) is 3.28. The Labute approximate surface area is 83.9 Å². The predicted molar refractivity (Wildman–Crippen MR) is 58.2 cm³/mol. The molecule has 0 bridgehead atoms. The molecule has 13 heavy (non-hydrogen) atoms. The number of benzene rings is 1. The van der Waals surface area contributed by atoms with Crippen LogP contribution in [0.3, 0.4) is 0 Å². The molecule has 1 N–H and O–H groups in total. The van der Waals surface area contributed by atoms with Crippen molar-refractivity contribution >= 4 is 11.8 Å². The molecule has 0 aliphatic carbocycles. The molecular weight excluding hydrogens is 178 g/mol. The van der Waals surface area contributed by atoms with Gasteiger partial charge in [-0.2, -0.15) is 0 Å². The summed E-state index contributed by atoms with van der Waals surface area (Å²) in [5, 5.41) is 3.50. The summed E-state index contributed by atoms with van der Waals surface area (Å²) in [7, 11) is 0. The van der Waals surface area contributed by atoms with E-state index in [9.17, 15) is 0 Å². The van der Waals surface area contributed by atoms with Crippen LogP contribution in [0.15, 0.2) is 23.1 Å². The van der Waals surface area contributed by atoms with E-state index in [0.717, 1.165) is 6.54 Å². The van der Waals surface area contributed by atoms with Gasteiger partial charge in [-0.05, 0) is 36.8 Å². The molecular formula is C11H15NS. The van der Waals surface area contributed by atoms with E-state index in [0.29, 0.717) is 6.04 Å². The van der Waals surface area contributed by atoms with Gasteiger partial charge in [-0.3, -0.25) is 0 Å². The number of fused-ring (bicyclic) bond motifs is 1. The minimum Gasteiger partial charge on any atom is -0.310 e. The van der Waals surface area contributed by atoms with Crippen molar-refractivity contribution in [1.82, 2.24) is 5.32 Å². The number of rotatable bonds is 1. The van der Waals surface area contributed by atoms with Crippen molar-refractivity contribution < 1.29 is 0 Å². The first-order valence-electron chi connectivity index (χ1n) is 4.69. The van der Waals surface area contributed by atoms with Gasteiger partial charge in [-0.15, -0.1) is 11.8 Å². The number of thioether (sulfide) groups is 1. The zero-order chi connectivity index (χ0) is 9.26. The van der Waals surface area contributed by atoms with Crippen molar-refractivity contribution in [3.63, 3.8) is 0 Å². The highest BCUT2D eigenvalue weighted by molar-refractivity contribution is 7.98. The van der Waals surface area contributed by atoms with Gasteiger partial charge in [0.1, 0.15) is 0 Å². The maximum absolute atomic E-state index is 3.50. The Morgan fingerprint density at radius 3 is 3.08 bits per heavy atom. The number of hydrogen-bond acceptors (Lipinski definition) is 2. The lowest BCUT2D eigenvalue weighted by Gasteiger charge is -2.24. The van der Waals surface area contributed by atoms with Crippen LogP contribution in [-0.2, 0) is 13.0 Å². The third-order valence-electron chi connectivity index (χ3n) is 2.60. The van der Waals surface area contributed by atoms with Crippen LogP contribution in [0.2, 0.25) is 0 Å². The van der Waals surface area contributed by atoms with E-state index in [4.69, 9.17) is 0 Å². The fourth-order valence-electron chi connectivity index (χ4n) is 1.87. The van der Waals surface area contributed by atoms with Gasteiger partial charge < -0.3 is 5.32 Å². The molecule has 70 valence electrons. The monoisotopic (exact) mass is 193 g/mol. The third kappa shape index (κ3) is 1.74. The van der Waals surface area contributed by atoms with Crippen molar-refractivity contribution in [2.24, 2.45) is 0 Å². The first-order valence-corrected chi connectivity index (χ1v) is 5.92. The summed E-state index contributed by atoms with van der Waals surface area (Å²) in [5.74, 6) is 0. The minimum absolute atomic E-state index is 0.629. The van der Waals surface area contributed by atoms with Crippen molar-refractivity contribution in [1.29, 1.82) is 0 Å². The smallest absolute Gasteiger partial charge is 0.0221 e. The summed E-state index contributed by atoms with van der Waals surface area (Å²) in [6, 6.07) is 7.26. The Kier molecular flexibility index (Phi) is 2.61. The SMILES string of the molecule is CSc1cccc2c1CN[C@@H](C)C2. The second-order valence-corrected chi connectivity index (χ2v) is 4.43. The second-order valence-electron chi connectivity index (χ2n) is 3.58. The van der Waals surface area contributed by atoms with E-state index in [2.05, 4.69) is 36.7 Å². The highest BCUT2D eigenvalue weighted by Gasteiger charge is 2.15. The molecule has 0 saturated carbocycles. The van der Waals surface area contributed by atoms with Gasteiger partial charge in [0.2, 0.25) is 0 Å². The molecule has 2 heteroatoms. The number of hydrogen-bond donors (Lipinski definition) is 1. The van der Waals surface area contributed by atoms with Gasteiger partial charge in [0.05, 0.1) is 0 Å². The summed E-state index contributed by atoms with van der Waals surface area (Å²) in [4.78, 5) is 1.43. The molecule has 1 atom stereocenters. The van der Waals surface area contributed by atoms with Gasteiger partial charge in [0.15, 0.2) is 0 Å². The minimum atomic E-state index is 0.629. The maximum Gasteiger partial charge on any atom is 0.0221 e. The Morgan fingerprint density at radius 2 is 2.31 bits per heavy atom. The van der Waals surface area contributed by atoms with E-state index in [1.54, 1.807) is 0 Å². The fraction of sp³-hybridized carbons (Fsp3) is 0.455. The molecule has 0 fully saturated rings. The van der Waals surface area contributed by atoms with Gasteiger partial charge in [0.25, 0.3) is 0 Å². The molecule has 0 amide bonds. The van der Waals surface area contributed by atoms with Gasteiger partial charge in [-0.25, -0.2) is 0 Å². The van der Waals surface area contributed by atoms with Crippen LogP contribution in [0.5, 0.6) is 0 Å². The Balaban J connectivity index is 2.39. The van der Waals surface area contributed by atoms with E-state index in [1.165, 1.54) is 22.4 Å². The molecule has 0 unspecified atom stereocenters. The van der Waals surface area contributed by atoms with Crippen LogP contribution in [0, 0.1) is 0 Å². The lowest BCUT2D eigenvalue weighted by atomic mass is 9.97. The van der Waals surface area contributed by atoms with E-state index >= 15 is 0 Å². The largest absolute Gasteiger partial charge is 0.310 e. The van der Waals surface area contributed by atoms with Crippen LogP contribution >= 0.6 is 11.8 Å². The Morgan fingerprint density at radius 1 is 1.46 bits per heavy atom. The maximum atomic E-state index is 3.50. The van der Waals surface area contributed by atoms with Crippen LogP contribution < -0.4 is 5.32 Å². The molecule has 1 aromatic carbocycles. The van der Waals surface area contributed by atoms with Crippen LogP contribution in [0.1, 0.15) is 18.1 Å². The van der Waals surface area contributed by atoms with E-state index < -0.39 is 0 Å². The third-order valence-corrected chi connectivity index (χ3v) is 3.43. The average Bonchev–Trinajstić information content (AvgIpc) is 2.16. The predicted octanol–water partition coefficient (Wildman–Crippen LogP) is 2.44. The molecule has 1 nitrogen and oxygen atoms in total. The zero-order valence-electron chi connectivity index (χ0n) is 8.13. The molecule has 1 aromatic rings. The van der Waals surface area contributed by atoms with E-state index in [-0.39, 0.29) is 0 Å². The van der Waals surface area contributed by atoms with Crippen molar-refractivity contribution in [3.8, 4) is 0 Å². The lowest BCUT2D eigenvalue weighted by molar-refractivity contribution is 0.508. The first-order chi connectivity index (χ1) is 6.31. The zero-order valence-corrected chi connectivity index (χ0v) is 8.95. The fourth-order valence-corrected chi connectivity index (χ4v) is 2.54. The highest BCUT2D eigenvalue weighted by Crippen LogP contribution is 2.26. The molecule has 1 heterocycles. The normalized spacial score (nSPS) is 21.2. The van der Waals surface area contributed by atoms with Crippen LogP contribution in [0.25, 0.3) is 0 Å². The standard InChI is InChI=1S/C11H15NS/c1-8-6-9-4-3-5-11(13-2)10(9)7-12-8/h3-5,8,12H,6-7H2,1-2H3/t8-/m0/s1. The molecule has 0 saturated heterocycles. The molecule has 2 rings (SSSR count). The molecule has 0 aromatic heterocycles. The molecule has 1 aliphatic heterocycles. The average molecular weight is 193 g/mol. The molecule has 1 aliphatic rings. The van der Waals surface area contributed by atoms with Crippen molar-refractivity contribution in [2.45, 2.75) is 30.8 Å². The van der Waals surface area contributed by atoms with Crippen molar-refractivity contribution in [3.05, 3.63) is 29.3 Å². The quantitative estimate of drug-likeness (QED) is 0.688. The van der Waals surface area contributed by atoms with Gasteiger partial charge in [-0.1, -0.05) is 12.1 Å². The van der Waals surface area contributed by atoms with E-state index in [1.807, 2.05) is 11.8 Å². The lowest BCUT2D eigenvalue weighted by Crippen LogP contribution is -2.33. The summed E-state index contributed by atoms with van der Waals surface area (Å²) < 4.78 is 0. The van der Waals surface area contributed by atoms with Crippen molar-refractivity contribution in [2.75, 3.05) is 6.26 Å². The van der Waals surface area contributed by atoms with Gasteiger partial charge >= 0.3 is 0 Å². The summed E-state index contributed by atoms with van der Waals surface area (Å²) in [5.41, 5.74) is 3.03. The first kappa shape index (κ1) is 9.10. The second kappa shape index (κ2) is 3.72. The Hall–Kier alpha value is -0.470. The summed E-state index contributed by atoms with van der Waals surface area (Å²) >= 11 is 1.84. The molecule has 0 radical (unpaired) electrons. The highest BCUT2D eigenvalue weighted by atomic mass is 32.2. The Bertz CT molecular complexity index is 309. The molecule has 0 spiro atoms.